The summed E-state index contributed by atoms with van der Waals surface area (Å²) >= 11 is 6.29. The number of rotatable bonds is 4. The molecule has 112 valence electrons. The number of aryl methyl sites for hydroxylation is 3. The van der Waals surface area contributed by atoms with Crippen molar-refractivity contribution in [2.24, 2.45) is 0 Å². The quantitative estimate of drug-likeness (QED) is 0.766. The summed E-state index contributed by atoms with van der Waals surface area (Å²) in [6.45, 7) is 10.9. The van der Waals surface area contributed by atoms with Gasteiger partial charge in [-0.15, -0.1) is 0 Å². The molecule has 0 saturated carbocycles. The van der Waals surface area contributed by atoms with Gasteiger partial charge in [-0.25, -0.2) is 0 Å². The minimum atomic E-state index is 0.216. The lowest BCUT2D eigenvalue weighted by Crippen LogP contribution is -2.24. The smallest absolute Gasteiger partial charge is 0.0453 e. The zero-order valence-electron chi connectivity index (χ0n) is 13.5. The van der Waals surface area contributed by atoms with Gasteiger partial charge in [0.1, 0.15) is 0 Å². The molecule has 0 fully saturated rings. The first-order valence-electron chi connectivity index (χ1n) is 7.48. The van der Waals surface area contributed by atoms with E-state index in [9.17, 15) is 0 Å². The normalized spacial score (nSPS) is 14.0. The molecule has 2 heteroatoms. The second kappa shape index (κ2) is 6.64. The zero-order valence-corrected chi connectivity index (χ0v) is 14.3. The van der Waals surface area contributed by atoms with Crippen LogP contribution in [0.5, 0.6) is 0 Å². The van der Waals surface area contributed by atoms with Gasteiger partial charge >= 0.3 is 0 Å². The molecule has 0 aromatic heterocycles. The van der Waals surface area contributed by atoms with Gasteiger partial charge < -0.3 is 5.32 Å². The molecule has 1 N–H and O–H groups in total. The van der Waals surface area contributed by atoms with Crippen molar-refractivity contribution in [3.05, 3.63) is 69.2 Å². The van der Waals surface area contributed by atoms with Gasteiger partial charge in [0.2, 0.25) is 0 Å². The summed E-state index contributed by atoms with van der Waals surface area (Å²) in [6, 6.07) is 13.0. The maximum atomic E-state index is 6.29. The number of benzene rings is 2. The van der Waals surface area contributed by atoms with Gasteiger partial charge in [-0.05, 0) is 62.9 Å². The van der Waals surface area contributed by atoms with Crippen LogP contribution in [0.1, 0.15) is 53.7 Å². The van der Waals surface area contributed by atoms with Crippen molar-refractivity contribution < 1.29 is 0 Å². The van der Waals surface area contributed by atoms with E-state index in [-0.39, 0.29) is 12.1 Å². The van der Waals surface area contributed by atoms with Crippen LogP contribution in [0, 0.1) is 20.8 Å². The van der Waals surface area contributed by atoms with Gasteiger partial charge in [0, 0.05) is 17.1 Å². The Kier molecular flexibility index (Phi) is 5.08. The molecule has 0 saturated heterocycles. The third-order valence-corrected chi connectivity index (χ3v) is 4.39. The molecule has 0 spiro atoms. The largest absolute Gasteiger partial charge is 0.304 e. The molecule has 2 aromatic carbocycles. The number of halogens is 1. The number of hydrogen-bond donors (Lipinski definition) is 1. The first kappa shape index (κ1) is 16.1. The lowest BCUT2D eigenvalue weighted by Gasteiger charge is -2.24. The summed E-state index contributed by atoms with van der Waals surface area (Å²) in [6.07, 6.45) is 0. The third-order valence-electron chi connectivity index (χ3n) is 4.04. The lowest BCUT2D eigenvalue weighted by molar-refractivity contribution is 0.491. The van der Waals surface area contributed by atoms with Crippen LogP contribution in [0.3, 0.4) is 0 Å². The fourth-order valence-corrected chi connectivity index (χ4v) is 3.55. The van der Waals surface area contributed by atoms with E-state index in [1.54, 1.807) is 0 Å². The standard InChI is InChI=1S/C19H24ClN/c1-12-10-13(2)19(14(3)11-12)16(5)21-15(4)17-8-6-7-9-18(17)20/h6-11,15-16,21H,1-5H3/t15-,16?/m1/s1. The Labute approximate surface area is 133 Å². The molecule has 2 atom stereocenters. The van der Waals surface area contributed by atoms with E-state index in [4.69, 9.17) is 11.6 Å². The average Bonchev–Trinajstić information content (AvgIpc) is 2.37. The van der Waals surface area contributed by atoms with Gasteiger partial charge in [-0.1, -0.05) is 47.5 Å². The highest BCUT2D eigenvalue weighted by molar-refractivity contribution is 6.31. The zero-order chi connectivity index (χ0) is 15.6. The van der Waals surface area contributed by atoms with Crippen molar-refractivity contribution in [3.63, 3.8) is 0 Å². The Bertz CT molecular complexity index is 610. The fourth-order valence-electron chi connectivity index (χ4n) is 3.25. The van der Waals surface area contributed by atoms with Crippen LogP contribution >= 0.6 is 11.6 Å². The van der Waals surface area contributed by atoms with Crippen molar-refractivity contribution in [1.82, 2.24) is 5.32 Å². The average molecular weight is 302 g/mol. The van der Waals surface area contributed by atoms with Crippen molar-refractivity contribution in [2.75, 3.05) is 0 Å². The molecule has 0 amide bonds. The minimum absolute atomic E-state index is 0.216. The van der Waals surface area contributed by atoms with Crippen LogP contribution in [0.15, 0.2) is 36.4 Å². The molecular weight excluding hydrogens is 278 g/mol. The predicted octanol–water partition coefficient (Wildman–Crippen LogP) is 5.68. The van der Waals surface area contributed by atoms with Crippen LogP contribution < -0.4 is 5.32 Å². The molecule has 0 bridgehead atoms. The summed E-state index contributed by atoms with van der Waals surface area (Å²) in [5, 5.41) is 4.49. The maximum absolute atomic E-state index is 6.29. The topological polar surface area (TPSA) is 12.0 Å². The second-order valence-corrected chi connectivity index (χ2v) is 6.35. The van der Waals surface area contributed by atoms with Crippen molar-refractivity contribution in [2.45, 2.75) is 46.7 Å². The Hall–Kier alpha value is -1.31. The third kappa shape index (κ3) is 3.66. The Morgan fingerprint density at radius 2 is 1.48 bits per heavy atom. The molecular formula is C19H24ClN. The molecule has 1 unspecified atom stereocenters. The molecule has 0 aliphatic carbocycles. The monoisotopic (exact) mass is 301 g/mol. The van der Waals surface area contributed by atoms with Crippen molar-refractivity contribution >= 4 is 11.6 Å². The Morgan fingerprint density at radius 3 is 2.05 bits per heavy atom. The molecule has 21 heavy (non-hydrogen) atoms. The second-order valence-electron chi connectivity index (χ2n) is 5.94. The highest BCUT2D eigenvalue weighted by atomic mass is 35.5. The van der Waals surface area contributed by atoms with E-state index >= 15 is 0 Å². The molecule has 2 rings (SSSR count). The summed E-state index contributed by atoms with van der Waals surface area (Å²) in [5.74, 6) is 0. The van der Waals surface area contributed by atoms with E-state index in [2.05, 4.69) is 58.1 Å². The van der Waals surface area contributed by atoms with Crippen molar-refractivity contribution in [1.29, 1.82) is 0 Å². The first-order chi connectivity index (χ1) is 9.90. The lowest BCUT2D eigenvalue weighted by atomic mass is 9.94. The highest BCUT2D eigenvalue weighted by Crippen LogP contribution is 2.28. The minimum Gasteiger partial charge on any atom is -0.304 e. The van der Waals surface area contributed by atoms with Crippen LogP contribution in [-0.2, 0) is 0 Å². The number of nitrogens with one attached hydrogen (secondary N) is 1. The molecule has 0 aliphatic heterocycles. The van der Waals surface area contributed by atoms with Gasteiger partial charge in [-0.3, -0.25) is 0 Å². The van der Waals surface area contributed by atoms with E-state index in [1.165, 1.54) is 22.3 Å². The molecule has 0 aliphatic rings. The molecule has 0 heterocycles. The Balaban J connectivity index is 2.22. The summed E-state index contributed by atoms with van der Waals surface area (Å²) in [5.41, 5.74) is 6.55. The van der Waals surface area contributed by atoms with Gasteiger partial charge in [0.05, 0.1) is 0 Å². The molecule has 0 radical (unpaired) electrons. The SMILES string of the molecule is Cc1cc(C)c(C(C)N[C@H](C)c2ccccc2Cl)c(C)c1. The van der Waals surface area contributed by atoms with Crippen molar-refractivity contribution in [3.8, 4) is 0 Å². The predicted molar refractivity (Wildman–Crippen MR) is 92.1 cm³/mol. The first-order valence-corrected chi connectivity index (χ1v) is 7.86. The van der Waals surface area contributed by atoms with Crippen LogP contribution in [-0.4, -0.2) is 0 Å². The molecule has 2 aromatic rings. The van der Waals surface area contributed by atoms with E-state index < -0.39 is 0 Å². The molecule has 1 nitrogen and oxygen atoms in total. The summed E-state index contributed by atoms with van der Waals surface area (Å²) in [4.78, 5) is 0. The summed E-state index contributed by atoms with van der Waals surface area (Å²) in [7, 11) is 0. The Morgan fingerprint density at radius 1 is 0.905 bits per heavy atom. The number of hydrogen-bond acceptors (Lipinski definition) is 1. The van der Waals surface area contributed by atoms with Gasteiger partial charge in [0.25, 0.3) is 0 Å². The van der Waals surface area contributed by atoms with E-state index in [1.807, 2.05) is 18.2 Å². The highest BCUT2D eigenvalue weighted by Gasteiger charge is 2.16. The van der Waals surface area contributed by atoms with Gasteiger partial charge in [0.15, 0.2) is 0 Å². The van der Waals surface area contributed by atoms with Gasteiger partial charge in [-0.2, -0.15) is 0 Å². The van der Waals surface area contributed by atoms with Crippen LogP contribution in [0.2, 0.25) is 5.02 Å². The maximum Gasteiger partial charge on any atom is 0.0453 e. The van der Waals surface area contributed by atoms with Crippen LogP contribution in [0.4, 0.5) is 0 Å². The fraction of sp³-hybridized carbons (Fsp3) is 0.368. The van der Waals surface area contributed by atoms with E-state index in [0.717, 1.165) is 10.6 Å². The summed E-state index contributed by atoms with van der Waals surface area (Å²) < 4.78 is 0. The van der Waals surface area contributed by atoms with E-state index in [0.29, 0.717) is 0 Å². The van der Waals surface area contributed by atoms with Crippen LogP contribution in [0.25, 0.3) is 0 Å².